The summed E-state index contributed by atoms with van der Waals surface area (Å²) in [5, 5.41) is 10.7. The van der Waals surface area contributed by atoms with Crippen LogP contribution in [0.3, 0.4) is 0 Å². The number of alkyl halides is 2. The lowest BCUT2D eigenvalue weighted by atomic mass is 9.86. The Morgan fingerprint density at radius 2 is 1.96 bits per heavy atom. The first-order valence-corrected chi connectivity index (χ1v) is 8.97. The molecule has 0 saturated heterocycles. The first-order valence-electron chi connectivity index (χ1n) is 8.97. The summed E-state index contributed by atoms with van der Waals surface area (Å²) in [6, 6.07) is 0. The zero-order valence-corrected chi connectivity index (χ0v) is 15.3. The molecular formula is C18H24F2N4O2. The molecule has 0 aromatic carbocycles. The van der Waals surface area contributed by atoms with Crippen molar-refractivity contribution < 1.29 is 18.1 Å². The van der Waals surface area contributed by atoms with E-state index >= 15 is 0 Å². The fraction of sp³-hybridized carbons (Fsp3) is 0.611. The molecule has 142 valence electrons. The second kappa shape index (κ2) is 7.55. The fourth-order valence-electron chi connectivity index (χ4n) is 3.70. The van der Waals surface area contributed by atoms with E-state index in [-0.39, 0.29) is 12.3 Å². The van der Waals surface area contributed by atoms with Crippen LogP contribution in [0.1, 0.15) is 72.8 Å². The van der Waals surface area contributed by atoms with E-state index in [9.17, 15) is 13.6 Å². The highest BCUT2D eigenvalue weighted by atomic mass is 19.3. The van der Waals surface area contributed by atoms with Gasteiger partial charge >= 0.3 is 6.55 Å². The highest BCUT2D eigenvalue weighted by Gasteiger charge is 2.25. The average molecular weight is 366 g/mol. The SMILES string of the molecule is Cc1nn(C(F)F)c(C)c1CC(=O)Nc1onc(C2CCCCC2)c1C. The molecule has 0 atom stereocenters. The lowest BCUT2D eigenvalue weighted by Crippen LogP contribution is -2.16. The van der Waals surface area contributed by atoms with Crippen molar-refractivity contribution in [2.75, 3.05) is 5.32 Å². The molecule has 1 N–H and O–H groups in total. The van der Waals surface area contributed by atoms with E-state index in [1.165, 1.54) is 26.2 Å². The zero-order chi connectivity index (χ0) is 18.8. The Morgan fingerprint density at radius 1 is 1.27 bits per heavy atom. The van der Waals surface area contributed by atoms with E-state index in [0.29, 0.717) is 33.4 Å². The molecule has 2 aromatic heterocycles. The van der Waals surface area contributed by atoms with Crippen molar-refractivity contribution in [3.63, 3.8) is 0 Å². The van der Waals surface area contributed by atoms with Crippen molar-refractivity contribution >= 4 is 11.8 Å². The maximum Gasteiger partial charge on any atom is 0.333 e. The lowest BCUT2D eigenvalue weighted by Gasteiger charge is -2.19. The van der Waals surface area contributed by atoms with Gasteiger partial charge in [-0.15, -0.1) is 0 Å². The molecule has 0 unspecified atom stereocenters. The molecule has 2 heterocycles. The Kier molecular flexibility index (Phi) is 5.38. The van der Waals surface area contributed by atoms with Gasteiger partial charge in [-0.2, -0.15) is 13.9 Å². The Balaban J connectivity index is 1.70. The number of carbonyl (C=O) groups is 1. The van der Waals surface area contributed by atoms with Crippen LogP contribution >= 0.6 is 0 Å². The van der Waals surface area contributed by atoms with Gasteiger partial charge in [0.2, 0.25) is 11.8 Å². The van der Waals surface area contributed by atoms with E-state index in [1.807, 2.05) is 6.92 Å². The van der Waals surface area contributed by atoms with E-state index in [1.54, 1.807) is 6.92 Å². The number of anilines is 1. The van der Waals surface area contributed by atoms with Crippen molar-refractivity contribution in [1.29, 1.82) is 0 Å². The van der Waals surface area contributed by atoms with Crippen LogP contribution in [0.4, 0.5) is 14.7 Å². The molecule has 1 amide bonds. The minimum atomic E-state index is -2.72. The van der Waals surface area contributed by atoms with E-state index < -0.39 is 6.55 Å². The molecule has 26 heavy (non-hydrogen) atoms. The molecule has 0 aliphatic heterocycles. The number of hydrogen-bond donors (Lipinski definition) is 1. The van der Waals surface area contributed by atoms with Crippen molar-refractivity contribution in [2.45, 2.75) is 71.8 Å². The summed E-state index contributed by atoms with van der Waals surface area (Å²) >= 11 is 0. The first kappa shape index (κ1) is 18.5. The quantitative estimate of drug-likeness (QED) is 0.850. The summed E-state index contributed by atoms with van der Waals surface area (Å²) in [4.78, 5) is 12.4. The minimum Gasteiger partial charge on any atom is -0.338 e. The van der Waals surface area contributed by atoms with Gasteiger partial charge in [-0.25, -0.2) is 4.68 Å². The van der Waals surface area contributed by atoms with Gasteiger partial charge in [0.15, 0.2) is 0 Å². The molecule has 3 rings (SSSR count). The van der Waals surface area contributed by atoms with Crippen LogP contribution in [-0.4, -0.2) is 20.8 Å². The van der Waals surface area contributed by atoms with E-state index in [4.69, 9.17) is 4.52 Å². The van der Waals surface area contributed by atoms with Crippen molar-refractivity contribution in [3.05, 3.63) is 28.2 Å². The van der Waals surface area contributed by atoms with Crippen LogP contribution in [0.25, 0.3) is 0 Å². The average Bonchev–Trinajstić information content (AvgIpc) is 3.10. The third-order valence-electron chi connectivity index (χ3n) is 5.20. The predicted octanol–water partition coefficient (Wildman–Crippen LogP) is 4.42. The second-order valence-electron chi connectivity index (χ2n) is 6.95. The number of carbonyl (C=O) groups excluding carboxylic acids is 1. The van der Waals surface area contributed by atoms with Gasteiger partial charge in [0.25, 0.3) is 0 Å². The standard InChI is InChI=1S/C18H24F2N4O2/c1-10-16(13-7-5-4-6-8-13)23-26-17(10)21-15(25)9-14-11(2)22-24(12(14)3)18(19)20/h13,18H,4-9H2,1-3H3,(H,21,25). The lowest BCUT2D eigenvalue weighted by molar-refractivity contribution is -0.115. The van der Waals surface area contributed by atoms with Crippen molar-refractivity contribution in [1.82, 2.24) is 14.9 Å². The predicted molar refractivity (Wildman–Crippen MR) is 92.4 cm³/mol. The maximum absolute atomic E-state index is 12.9. The number of nitrogens with one attached hydrogen (secondary N) is 1. The Hall–Kier alpha value is -2.25. The summed E-state index contributed by atoms with van der Waals surface area (Å²) in [5.74, 6) is 0.388. The summed E-state index contributed by atoms with van der Waals surface area (Å²) in [6.45, 7) is 2.33. The molecule has 1 aliphatic rings. The molecule has 8 heteroatoms. The number of aryl methyl sites for hydroxylation is 1. The van der Waals surface area contributed by atoms with Crippen LogP contribution < -0.4 is 5.32 Å². The van der Waals surface area contributed by atoms with Gasteiger partial charge in [0.1, 0.15) is 0 Å². The Labute approximate surface area is 150 Å². The molecule has 0 radical (unpaired) electrons. The van der Waals surface area contributed by atoms with Crippen LogP contribution in [0.2, 0.25) is 0 Å². The smallest absolute Gasteiger partial charge is 0.333 e. The highest BCUT2D eigenvalue weighted by Crippen LogP contribution is 2.35. The summed E-state index contributed by atoms with van der Waals surface area (Å²) < 4.78 is 31.8. The fourth-order valence-corrected chi connectivity index (χ4v) is 3.70. The largest absolute Gasteiger partial charge is 0.338 e. The molecule has 1 fully saturated rings. The van der Waals surface area contributed by atoms with Crippen LogP contribution in [-0.2, 0) is 11.2 Å². The number of amides is 1. The van der Waals surface area contributed by atoms with Crippen LogP contribution in [0.5, 0.6) is 0 Å². The van der Waals surface area contributed by atoms with E-state index in [2.05, 4.69) is 15.6 Å². The summed E-state index contributed by atoms with van der Waals surface area (Å²) in [6.07, 6.45) is 5.76. The van der Waals surface area contributed by atoms with E-state index in [0.717, 1.165) is 24.1 Å². The third kappa shape index (κ3) is 3.64. The zero-order valence-electron chi connectivity index (χ0n) is 15.3. The molecule has 0 spiro atoms. The van der Waals surface area contributed by atoms with Gasteiger partial charge in [0.05, 0.1) is 17.8 Å². The summed E-state index contributed by atoms with van der Waals surface area (Å²) in [7, 11) is 0. The van der Waals surface area contributed by atoms with Crippen molar-refractivity contribution in [3.8, 4) is 0 Å². The Bertz CT molecular complexity index is 791. The van der Waals surface area contributed by atoms with Gasteiger partial charge in [-0.1, -0.05) is 24.4 Å². The molecule has 6 nitrogen and oxygen atoms in total. The van der Waals surface area contributed by atoms with Crippen LogP contribution in [0.15, 0.2) is 4.52 Å². The normalized spacial score (nSPS) is 15.6. The van der Waals surface area contributed by atoms with Gasteiger partial charge in [0, 0.05) is 22.7 Å². The highest BCUT2D eigenvalue weighted by molar-refractivity contribution is 5.92. The molecule has 2 aromatic rings. The summed E-state index contributed by atoms with van der Waals surface area (Å²) in [5.41, 5.74) is 2.99. The second-order valence-corrected chi connectivity index (χ2v) is 6.95. The Morgan fingerprint density at radius 3 is 2.58 bits per heavy atom. The topological polar surface area (TPSA) is 73.0 Å². The number of rotatable bonds is 5. The maximum atomic E-state index is 12.9. The monoisotopic (exact) mass is 366 g/mol. The first-order chi connectivity index (χ1) is 12.4. The molecule has 1 saturated carbocycles. The van der Waals surface area contributed by atoms with Crippen LogP contribution in [0, 0.1) is 20.8 Å². The molecular weight excluding hydrogens is 342 g/mol. The van der Waals surface area contributed by atoms with Gasteiger partial charge < -0.3 is 4.52 Å². The van der Waals surface area contributed by atoms with Crippen molar-refractivity contribution in [2.24, 2.45) is 0 Å². The number of halogens is 2. The van der Waals surface area contributed by atoms with Gasteiger partial charge in [-0.3, -0.25) is 10.1 Å². The molecule has 0 bridgehead atoms. The van der Waals surface area contributed by atoms with Gasteiger partial charge in [-0.05, 0) is 33.6 Å². The number of hydrogen-bond acceptors (Lipinski definition) is 4. The minimum absolute atomic E-state index is 0.0384. The number of aromatic nitrogens is 3. The molecule has 1 aliphatic carbocycles. The number of nitrogens with zero attached hydrogens (tertiary/aromatic N) is 3. The third-order valence-corrected chi connectivity index (χ3v) is 5.20.